The van der Waals surface area contributed by atoms with Gasteiger partial charge in [-0.2, -0.15) is 0 Å². The van der Waals surface area contributed by atoms with Crippen molar-refractivity contribution in [3.8, 4) is 11.5 Å². The number of nitrogens with one attached hydrogen (secondary N) is 1. The largest absolute Gasteiger partial charge is 0.490 e. The molecule has 2 aromatic carbocycles. The van der Waals surface area contributed by atoms with E-state index >= 15 is 0 Å². The van der Waals surface area contributed by atoms with Gasteiger partial charge in [0.2, 0.25) is 0 Å². The molecule has 23 heavy (non-hydrogen) atoms. The van der Waals surface area contributed by atoms with E-state index in [4.69, 9.17) is 9.47 Å². The molecule has 0 saturated heterocycles. The Morgan fingerprint density at radius 2 is 1.70 bits per heavy atom. The Morgan fingerprint density at radius 1 is 0.957 bits per heavy atom. The molecule has 124 valence electrons. The van der Waals surface area contributed by atoms with Gasteiger partial charge in [-0.05, 0) is 51.0 Å². The Morgan fingerprint density at radius 3 is 2.35 bits per heavy atom. The minimum absolute atomic E-state index is 0.135. The molecule has 0 aromatic heterocycles. The molecule has 2 rings (SSSR count). The van der Waals surface area contributed by atoms with E-state index in [2.05, 4.69) is 48.6 Å². The molecule has 0 amide bonds. The van der Waals surface area contributed by atoms with Gasteiger partial charge in [-0.25, -0.2) is 0 Å². The Balaban J connectivity index is 2.03. The summed E-state index contributed by atoms with van der Waals surface area (Å²) in [7, 11) is 0. The Kier molecular flexibility index (Phi) is 6.48. The maximum Gasteiger partial charge on any atom is 0.161 e. The number of hydrogen-bond acceptors (Lipinski definition) is 3. The van der Waals surface area contributed by atoms with Crippen LogP contribution in [0.4, 0.5) is 0 Å². The zero-order valence-electron chi connectivity index (χ0n) is 14.5. The van der Waals surface area contributed by atoms with Crippen molar-refractivity contribution in [3.63, 3.8) is 0 Å². The monoisotopic (exact) mass is 313 g/mol. The first-order chi connectivity index (χ1) is 11.1. The molecule has 0 aliphatic rings. The molecule has 3 heteroatoms. The second kappa shape index (κ2) is 8.59. The van der Waals surface area contributed by atoms with E-state index in [9.17, 15) is 0 Å². The highest BCUT2D eigenvalue weighted by Crippen LogP contribution is 2.29. The van der Waals surface area contributed by atoms with E-state index in [-0.39, 0.29) is 6.10 Å². The first kappa shape index (κ1) is 17.4. The van der Waals surface area contributed by atoms with Gasteiger partial charge in [0.25, 0.3) is 0 Å². The van der Waals surface area contributed by atoms with E-state index in [1.165, 1.54) is 11.1 Å². The molecule has 0 bridgehead atoms. The fourth-order valence-corrected chi connectivity index (χ4v) is 2.41. The minimum Gasteiger partial charge on any atom is -0.490 e. The van der Waals surface area contributed by atoms with Crippen LogP contribution in [-0.2, 0) is 6.54 Å². The SMILES string of the molecule is CCOc1cc(CN[C@@H](C)c2ccccc2)ccc1OC(C)C. The smallest absolute Gasteiger partial charge is 0.161 e. The van der Waals surface area contributed by atoms with Gasteiger partial charge >= 0.3 is 0 Å². The molecular weight excluding hydrogens is 286 g/mol. The summed E-state index contributed by atoms with van der Waals surface area (Å²) in [4.78, 5) is 0. The molecule has 0 unspecified atom stereocenters. The number of benzene rings is 2. The molecule has 2 aromatic rings. The number of hydrogen-bond donors (Lipinski definition) is 1. The van der Waals surface area contributed by atoms with Gasteiger partial charge in [0.15, 0.2) is 11.5 Å². The third-order valence-electron chi connectivity index (χ3n) is 3.58. The van der Waals surface area contributed by atoms with E-state index in [1.54, 1.807) is 0 Å². The summed E-state index contributed by atoms with van der Waals surface area (Å²) in [5, 5.41) is 3.55. The molecule has 0 saturated carbocycles. The van der Waals surface area contributed by atoms with Crippen LogP contribution in [0.15, 0.2) is 48.5 Å². The van der Waals surface area contributed by atoms with Crippen LogP contribution in [0.1, 0.15) is 44.9 Å². The summed E-state index contributed by atoms with van der Waals surface area (Å²) in [5.41, 5.74) is 2.48. The van der Waals surface area contributed by atoms with Crippen LogP contribution in [0.3, 0.4) is 0 Å². The second-order valence-corrected chi connectivity index (χ2v) is 5.89. The summed E-state index contributed by atoms with van der Waals surface area (Å²) >= 11 is 0. The van der Waals surface area contributed by atoms with Gasteiger partial charge in [-0.15, -0.1) is 0 Å². The van der Waals surface area contributed by atoms with Crippen molar-refractivity contribution in [3.05, 3.63) is 59.7 Å². The first-order valence-electron chi connectivity index (χ1n) is 8.30. The predicted octanol–water partition coefficient (Wildman–Crippen LogP) is 4.72. The van der Waals surface area contributed by atoms with Crippen LogP contribution in [0, 0.1) is 0 Å². The number of rotatable bonds is 8. The maximum atomic E-state index is 5.80. The van der Waals surface area contributed by atoms with Crippen LogP contribution >= 0.6 is 0 Å². The van der Waals surface area contributed by atoms with Gasteiger partial charge in [-0.1, -0.05) is 36.4 Å². The summed E-state index contributed by atoms with van der Waals surface area (Å²) in [6, 6.07) is 16.9. The van der Waals surface area contributed by atoms with Crippen LogP contribution in [-0.4, -0.2) is 12.7 Å². The molecule has 0 heterocycles. The molecule has 1 N–H and O–H groups in total. The third-order valence-corrected chi connectivity index (χ3v) is 3.58. The van der Waals surface area contributed by atoms with Gasteiger partial charge in [0.05, 0.1) is 12.7 Å². The Labute approximate surface area is 139 Å². The van der Waals surface area contributed by atoms with E-state index in [1.807, 2.05) is 32.9 Å². The fraction of sp³-hybridized carbons (Fsp3) is 0.400. The lowest BCUT2D eigenvalue weighted by Gasteiger charge is -2.17. The topological polar surface area (TPSA) is 30.5 Å². The van der Waals surface area contributed by atoms with Crippen molar-refractivity contribution in [1.82, 2.24) is 5.32 Å². The minimum atomic E-state index is 0.135. The van der Waals surface area contributed by atoms with Gasteiger partial charge in [0.1, 0.15) is 0 Å². The normalized spacial score (nSPS) is 12.2. The molecule has 0 fully saturated rings. The molecular formula is C20H27NO2. The van der Waals surface area contributed by atoms with Crippen molar-refractivity contribution in [2.24, 2.45) is 0 Å². The van der Waals surface area contributed by atoms with E-state index in [0.29, 0.717) is 12.6 Å². The van der Waals surface area contributed by atoms with Crippen molar-refractivity contribution >= 4 is 0 Å². The summed E-state index contributed by atoms with van der Waals surface area (Å²) < 4.78 is 11.5. The highest BCUT2D eigenvalue weighted by atomic mass is 16.5. The van der Waals surface area contributed by atoms with Crippen LogP contribution in [0.5, 0.6) is 11.5 Å². The third kappa shape index (κ3) is 5.29. The van der Waals surface area contributed by atoms with Gasteiger partial charge in [-0.3, -0.25) is 0 Å². The van der Waals surface area contributed by atoms with Crippen LogP contribution < -0.4 is 14.8 Å². The summed E-state index contributed by atoms with van der Waals surface area (Å²) in [6.45, 7) is 9.62. The average Bonchev–Trinajstić information content (AvgIpc) is 2.55. The maximum absolute atomic E-state index is 5.80. The molecule has 3 nitrogen and oxygen atoms in total. The quantitative estimate of drug-likeness (QED) is 0.764. The van der Waals surface area contributed by atoms with Crippen molar-refractivity contribution in [2.45, 2.75) is 46.4 Å². The molecule has 0 aliphatic carbocycles. The Bertz CT molecular complexity index is 596. The molecule has 0 spiro atoms. The van der Waals surface area contributed by atoms with Crippen molar-refractivity contribution in [2.75, 3.05) is 6.61 Å². The molecule has 0 aliphatic heterocycles. The average molecular weight is 313 g/mol. The van der Waals surface area contributed by atoms with Crippen molar-refractivity contribution in [1.29, 1.82) is 0 Å². The standard InChI is InChI=1S/C20H27NO2/c1-5-22-20-13-17(11-12-19(20)23-15(2)3)14-21-16(4)18-9-7-6-8-10-18/h6-13,15-16,21H,5,14H2,1-4H3/t16-/m0/s1. The second-order valence-electron chi connectivity index (χ2n) is 5.89. The van der Waals surface area contributed by atoms with Crippen molar-refractivity contribution < 1.29 is 9.47 Å². The zero-order chi connectivity index (χ0) is 16.7. The lowest BCUT2D eigenvalue weighted by atomic mass is 10.1. The first-order valence-corrected chi connectivity index (χ1v) is 8.30. The lowest BCUT2D eigenvalue weighted by Crippen LogP contribution is -2.18. The highest BCUT2D eigenvalue weighted by Gasteiger charge is 2.09. The molecule has 0 radical (unpaired) electrons. The predicted molar refractivity (Wildman–Crippen MR) is 95.1 cm³/mol. The van der Waals surface area contributed by atoms with E-state index < -0.39 is 0 Å². The fourth-order valence-electron chi connectivity index (χ4n) is 2.41. The summed E-state index contributed by atoms with van der Waals surface area (Å²) in [6.07, 6.45) is 0.135. The van der Waals surface area contributed by atoms with Crippen LogP contribution in [0.2, 0.25) is 0 Å². The zero-order valence-corrected chi connectivity index (χ0v) is 14.5. The van der Waals surface area contributed by atoms with E-state index in [0.717, 1.165) is 18.0 Å². The van der Waals surface area contributed by atoms with Gasteiger partial charge < -0.3 is 14.8 Å². The number of ether oxygens (including phenoxy) is 2. The lowest BCUT2D eigenvalue weighted by molar-refractivity contribution is 0.223. The highest BCUT2D eigenvalue weighted by molar-refractivity contribution is 5.43. The van der Waals surface area contributed by atoms with Crippen LogP contribution in [0.25, 0.3) is 0 Å². The molecule has 1 atom stereocenters. The van der Waals surface area contributed by atoms with Gasteiger partial charge in [0, 0.05) is 12.6 Å². The Hall–Kier alpha value is -2.00. The summed E-state index contributed by atoms with van der Waals surface area (Å²) in [5.74, 6) is 1.62.